The first-order valence-electron chi connectivity index (χ1n) is 9.01. The van der Waals surface area contributed by atoms with Crippen molar-refractivity contribution >= 4 is 16.8 Å². The van der Waals surface area contributed by atoms with Crippen molar-refractivity contribution in [3.05, 3.63) is 47.2 Å². The van der Waals surface area contributed by atoms with Crippen LogP contribution in [0.4, 0.5) is 0 Å². The van der Waals surface area contributed by atoms with E-state index in [0.717, 1.165) is 29.6 Å². The minimum atomic E-state index is -0.994. The minimum Gasteiger partial charge on any atom is -0.367 e. The molecule has 4 heterocycles. The first-order valence-corrected chi connectivity index (χ1v) is 9.01. The number of benzene rings is 1. The zero-order valence-electron chi connectivity index (χ0n) is 14.2. The Bertz CT molecular complexity index is 884. The number of hydrogen-bond acceptors (Lipinski definition) is 3. The molecule has 2 fully saturated rings. The van der Waals surface area contributed by atoms with Crippen LogP contribution in [-0.2, 0) is 22.5 Å². The summed E-state index contributed by atoms with van der Waals surface area (Å²) in [5.74, 6) is -0.353. The van der Waals surface area contributed by atoms with Crippen LogP contribution in [0.5, 0.6) is 0 Å². The molecule has 4 unspecified atom stereocenters. The third-order valence-corrected chi connectivity index (χ3v) is 6.21. The Labute approximate surface area is 146 Å². The predicted octanol–water partition coefficient (Wildman–Crippen LogP) is 2.35. The third-order valence-electron chi connectivity index (χ3n) is 6.21. The van der Waals surface area contributed by atoms with Gasteiger partial charge in [0.25, 0.3) is 0 Å². The summed E-state index contributed by atoms with van der Waals surface area (Å²) >= 11 is 0. The average molecular weight is 338 g/mol. The van der Waals surface area contributed by atoms with E-state index in [0.29, 0.717) is 13.2 Å². The lowest BCUT2D eigenvalue weighted by atomic mass is 9.73. The van der Waals surface area contributed by atoms with Crippen molar-refractivity contribution < 1.29 is 14.6 Å². The van der Waals surface area contributed by atoms with Gasteiger partial charge in [0.05, 0.1) is 19.1 Å². The summed E-state index contributed by atoms with van der Waals surface area (Å²) in [5.41, 5.74) is 4.75. The normalized spacial score (nSPS) is 33.3. The highest BCUT2D eigenvalue weighted by Gasteiger charge is 2.50. The standard InChI is InChI=1S/C20H22N2O3/c1-2-11-10-25-20(24)18-14(11)7-12-8-15-13-5-3-4-6-16(13)21-17(15)9-22(12)19(18)23/h2-6,12,14,18,20-21,24H,7-10H2,1H3. The van der Waals surface area contributed by atoms with Crippen LogP contribution in [0.3, 0.4) is 0 Å². The molecule has 1 aromatic heterocycles. The third kappa shape index (κ3) is 2.12. The number of amides is 1. The summed E-state index contributed by atoms with van der Waals surface area (Å²) in [6.07, 6.45) is 2.83. The Hall–Kier alpha value is -2.11. The molecule has 0 spiro atoms. The monoisotopic (exact) mass is 338 g/mol. The molecule has 2 N–H and O–H groups in total. The minimum absolute atomic E-state index is 0.0251. The first kappa shape index (κ1) is 15.2. The molecule has 3 aliphatic rings. The van der Waals surface area contributed by atoms with Crippen molar-refractivity contribution in [2.45, 2.75) is 38.6 Å². The van der Waals surface area contributed by atoms with Crippen molar-refractivity contribution in [3.63, 3.8) is 0 Å². The number of aromatic nitrogens is 1. The lowest BCUT2D eigenvalue weighted by Crippen LogP contribution is -2.58. The topological polar surface area (TPSA) is 65.6 Å². The fraction of sp³-hybridized carbons (Fsp3) is 0.450. The number of rotatable bonds is 0. The molecule has 2 saturated heterocycles. The predicted molar refractivity (Wildman–Crippen MR) is 93.7 cm³/mol. The van der Waals surface area contributed by atoms with Gasteiger partial charge in [0.15, 0.2) is 6.29 Å². The molecule has 1 aromatic carbocycles. The molecule has 0 aliphatic carbocycles. The summed E-state index contributed by atoms with van der Waals surface area (Å²) in [4.78, 5) is 18.6. The van der Waals surface area contributed by atoms with Crippen molar-refractivity contribution in [3.8, 4) is 0 Å². The van der Waals surface area contributed by atoms with Crippen LogP contribution in [0, 0.1) is 11.8 Å². The summed E-state index contributed by atoms with van der Waals surface area (Å²) < 4.78 is 5.45. The van der Waals surface area contributed by atoms with Crippen LogP contribution in [0.1, 0.15) is 24.6 Å². The largest absolute Gasteiger partial charge is 0.367 e. The number of aromatic amines is 1. The second kappa shape index (κ2) is 5.44. The molecular formula is C20H22N2O3. The number of hydrogen-bond donors (Lipinski definition) is 2. The lowest BCUT2D eigenvalue weighted by Gasteiger charge is -2.49. The fourth-order valence-electron chi connectivity index (χ4n) is 4.93. The van der Waals surface area contributed by atoms with Gasteiger partial charge in [0, 0.05) is 28.6 Å². The van der Waals surface area contributed by atoms with E-state index in [4.69, 9.17) is 4.74 Å². The van der Waals surface area contributed by atoms with Gasteiger partial charge in [0.1, 0.15) is 0 Å². The van der Waals surface area contributed by atoms with E-state index in [1.807, 2.05) is 24.0 Å². The number of para-hydroxylation sites is 1. The molecule has 5 rings (SSSR count). The van der Waals surface area contributed by atoms with Gasteiger partial charge >= 0.3 is 0 Å². The van der Waals surface area contributed by atoms with Gasteiger partial charge in [-0.3, -0.25) is 4.79 Å². The summed E-state index contributed by atoms with van der Waals surface area (Å²) in [6, 6.07) is 8.54. The lowest BCUT2D eigenvalue weighted by molar-refractivity contribution is -0.191. The number of aliphatic hydroxyl groups excluding tert-OH is 1. The van der Waals surface area contributed by atoms with Crippen LogP contribution in [0.15, 0.2) is 35.9 Å². The second-order valence-corrected chi connectivity index (χ2v) is 7.38. The van der Waals surface area contributed by atoms with E-state index in [1.54, 1.807) is 0 Å². The van der Waals surface area contributed by atoms with E-state index in [9.17, 15) is 9.90 Å². The van der Waals surface area contributed by atoms with Gasteiger partial charge in [-0.15, -0.1) is 0 Å². The van der Waals surface area contributed by atoms with E-state index in [-0.39, 0.29) is 17.9 Å². The van der Waals surface area contributed by atoms with Gasteiger partial charge in [-0.2, -0.15) is 0 Å². The van der Waals surface area contributed by atoms with Crippen molar-refractivity contribution in [1.29, 1.82) is 0 Å². The van der Waals surface area contributed by atoms with Gasteiger partial charge in [0.2, 0.25) is 5.91 Å². The molecule has 4 atom stereocenters. The number of piperidine rings is 1. The first-order chi connectivity index (χ1) is 12.2. The Morgan fingerprint density at radius 2 is 2.20 bits per heavy atom. The fourth-order valence-corrected chi connectivity index (χ4v) is 4.93. The summed E-state index contributed by atoms with van der Waals surface area (Å²) in [6.45, 7) is 3.01. The van der Waals surface area contributed by atoms with Crippen LogP contribution in [-0.4, -0.2) is 39.8 Å². The van der Waals surface area contributed by atoms with Crippen LogP contribution in [0.25, 0.3) is 10.9 Å². The number of carbonyl (C=O) groups excluding carboxylic acids is 1. The zero-order chi connectivity index (χ0) is 17.1. The highest BCUT2D eigenvalue weighted by molar-refractivity contribution is 5.87. The SMILES string of the molecule is CC=C1COC(O)C2C(=O)N3Cc4[nH]c5ccccc5c4CC3CC12. The molecule has 2 aromatic rings. The van der Waals surface area contributed by atoms with Gasteiger partial charge in [-0.25, -0.2) is 0 Å². The Balaban J connectivity index is 1.56. The molecule has 1 amide bonds. The highest BCUT2D eigenvalue weighted by atomic mass is 16.6. The Morgan fingerprint density at radius 1 is 1.36 bits per heavy atom. The maximum absolute atomic E-state index is 13.1. The van der Waals surface area contributed by atoms with E-state index in [1.165, 1.54) is 10.9 Å². The van der Waals surface area contributed by atoms with E-state index >= 15 is 0 Å². The van der Waals surface area contributed by atoms with Crippen LogP contribution >= 0.6 is 0 Å². The van der Waals surface area contributed by atoms with Gasteiger partial charge in [-0.05, 0) is 37.0 Å². The number of allylic oxidation sites excluding steroid dienone is 1. The van der Waals surface area contributed by atoms with Gasteiger partial charge in [-0.1, -0.05) is 24.3 Å². The number of H-pyrrole nitrogens is 1. The molecule has 0 bridgehead atoms. The number of nitrogens with one attached hydrogen (secondary N) is 1. The molecule has 5 nitrogen and oxygen atoms in total. The molecule has 0 radical (unpaired) electrons. The highest BCUT2D eigenvalue weighted by Crippen LogP contribution is 2.43. The number of carbonyl (C=O) groups is 1. The van der Waals surface area contributed by atoms with Crippen LogP contribution in [0.2, 0.25) is 0 Å². The van der Waals surface area contributed by atoms with E-state index in [2.05, 4.69) is 23.2 Å². The molecule has 3 aliphatic heterocycles. The number of nitrogens with zero attached hydrogens (tertiary/aromatic N) is 1. The maximum atomic E-state index is 13.1. The summed E-state index contributed by atoms with van der Waals surface area (Å²) in [7, 11) is 0. The maximum Gasteiger partial charge on any atom is 0.232 e. The second-order valence-electron chi connectivity index (χ2n) is 7.38. The van der Waals surface area contributed by atoms with Crippen molar-refractivity contribution in [1.82, 2.24) is 9.88 Å². The molecule has 5 heteroatoms. The smallest absolute Gasteiger partial charge is 0.232 e. The van der Waals surface area contributed by atoms with Crippen molar-refractivity contribution in [2.24, 2.45) is 11.8 Å². The number of fused-ring (bicyclic) bond motifs is 5. The average Bonchev–Trinajstić information content (AvgIpc) is 2.98. The Morgan fingerprint density at radius 3 is 3.04 bits per heavy atom. The zero-order valence-corrected chi connectivity index (χ0v) is 14.2. The quantitative estimate of drug-likeness (QED) is 0.725. The molecular weight excluding hydrogens is 316 g/mol. The van der Waals surface area contributed by atoms with Crippen LogP contribution < -0.4 is 0 Å². The van der Waals surface area contributed by atoms with Crippen molar-refractivity contribution in [2.75, 3.05) is 6.61 Å². The molecule has 25 heavy (non-hydrogen) atoms. The number of ether oxygens (including phenoxy) is 1. The summed E-state index contributed by atoms with van der Waals surface area (Å²) in [5, 5.41) is 11.6. The molecule has 130 valence electrons. The van der Waals surface area contributed by atoms with E-state index < -0.39 is 12.2 Å². The molecule has 0 saturated carbocycles. The number of aliphatic hydroxyl groups is 1. The Kier molecular flexibility index (Phi) is 3.30. The van der Waals surface area contributed by atoms with Gasteiger partial charge < -0.3 is 19.7 Å².